The summed E-state index contributed by atoms with van der Waals surface area (Å²) in [6, 6.07) is 26.3. The molecule has 2 N–H and O–H groups in total. The number of Topliss-reactive ketones (excluding diaryl/α,β-unsaturated/α-hetero) is 1. The molecule has 0 saturated heterocycles. The van der Waals surface area contributed by atoms with Crippen LogP contribution in [0.5, 0.6) is 5.75 Å². The molecule has 0 bridgehead atoms. The lowest BCUT2D eigenvalue weighted by Gasteiger charge is -2.25. The summed E-state index contributed by atoms with van der Waals surface area (Å²) in [5.41, 5.74) is 7.02. The third-order valence-electron chi connectivity index (χ3n) is 8.23. The highest BCUT2D eigenvalue weighted by Gasteiger charge is 2.29. The summed E-state index contributed by atoms with van der Waals surface area (Å²) in [7, 11) is -4.12. The first-order chi connectivity index (χ1) is 22.5. The molecule has 0 fully saturated rings. The molecule has 7 nitrogen and oxygen atoms in total. The number of ether oxygens (including phenoxy) is 1. The fourth-order valence-corrected chi connectivity index (χ4v) is 6.39. The van der Waals surface area contributed by atoms with E-state index in [9.17, 15) is 18.0 Å². The maximum atomic E-state index is 14.1. The molecule has 9 heteroatoms. The van der Waals surface area contributed by atoms with Crippen molar-refractivity contribution in [3.63, 3.8) is 0 Å². The van der Waals surface area contributed by atoms with E-state index in [2.05, 4.69) is 26.1 Å². The zero-order chi connectivity index (χ0) is 35.2. The standard InChI is InChI=1S/C39H44ClNO6S/c1-25-22-31(40)15-19-34(25)35-20-16-32(23-26(35)2)41-38(43)37(30-13-17-33(18-14-30)47-24-39(4,5)6)27(3)28-9-11-29(12-10-28)36(42)8-7-21-48(44,45)46/h9-20,22-23,27,37H,7-8,21,24H2,1-6H3,(H,41,43)(H,44,45,46). The number of carbonyl (C=O) groups is 2. The minimum Gasteiger partial charge on any atom is -0.493 e. The number of aryl methyl sites for hydroxylation is 2. The van der Waals surface area contributed by atoms with E-state index in [1.165, 1.54) is 0 Å². The molecule has 2 atom stereocenters. The molecule has 0 heterocycles. The topological polar surface area (TPSA) is 110 Å². The van der Waals surface area contributed by atoms with Crippen LogP contribution in [0.1, 0.15) is 85.0 Å². The van der Waals surface area contributed by atoms with Crippen LogP contribution in [0.15, 0.2) is 84.9 Å². The lowest BCUT2D eigenvalue weighted by atomic mass is 9.81. The first kappa shape index (κ1) is 36.8. The van der Waals surface area contributed by atoms with Gasteiger partial charge in [0.05, 0.1) is 18.3 Å². The Balaban J connectivity index is 1.59. The minimum absolute atomic E-state index is 0.000373. The van der Waals surface area contributed by atoms with Crippen LogP contribution in [-0.4, -0.2) is 37.0 Å². The SMILES string of the molecule is Cc1cc(Cl)ccc1-c1ccc(NC(=O)C(c2ccc(OCC(C)(C)C)cc2)C(C)c2ccc(C(=O)CCCS(=O)(=O)O)cc2)cc1C. The van der Waals surface area contributed by atoms with Crippen molar-refractivity contribution in [3.05, 3.63) is 118 Å². The molecule has 0 saturated carbocycles. The number of hydrogen-bond acceptors (Lipinski definition) is 5. The Morgan fingerprint density at radius 3 is 2.00 bits per heavy atom. The first-order valence-corrected chi connectivity index (χ1v) is 18.0. The molecule has 4 aromatic rings. The van der Waals surface area contributed by atoms with Gasteiger partial charge in [-0.3, -0.25) is 14.1 Å². The summed E-state index contributed by atoms with van der Waals surface area (Å²) < 4.78 is 37.0. The molecule has 254 valence electrons. The third kappa shape index (κ3) is 10.3. The molecule has 48 heavy (non-hydrogen) atoms. The molecular weight excluding hydrogens is 646 g/mol. The number of anilines is 1. The van der Waals surface area contributed by atoms with Crippen molar-refractivity contribution in [3.8, 4) is 16.9 Å². The van der Waals surface area contributed by atoms with E-state index in [0.717, 1.165) is 39.1 Å². The summed E-state index contributed by atoms with van der Waals surface area (Å²) in [4.78, 5) is 26.8. The number of ketones is 1. The van der Waals surface area contributed by atoms with Crippen LogP contribution in [-0.2, 0) is 14.9 Å². The number of halogens is 1. The van der Waals surface area contributed by atoms with Gasteiger partial charge in [0.2, 0.25) is 5.91 Å². The Morgan fingerprint density at radius 2 is 1.44 bits per heavy atom. The summed E-state index contributed by atoms with van der Waals surface area (Å²) in [5, 5.41) is 3.83. The third-order valence-corrected chi connectivity index (χ3v) is 9.27. The van der Waals surface area contributed by atoms with Gasteiger partial charge < -0.3 is 10.1 Å². The second-order valence-electron chi connectivity index (χ2n) is 13.6. The van der Waals surface area contributed by atoms with Crippen molar-refractivity contribution < 1.29 is 27.3 Å². The van der Waals surface area contributed by atoms with Crippen LogP contribution in [0.2, 0.25) is 5.02 Å². The smallest absolute Gasteiger partial charge is 0.264 e. The number of nitrogens with one attached hydrogen (secondary N) is 1. The van der Waals surface area contributed by atoms with E-state index in [4.69, 9.17) is 20.9 Å². The second kappa shape index (κ2) is 15.5. The van der Waals surface area contributed by atoms with Gasteiger partial charge >= 0.3 is 0 Å². The quantitative estimate of drug-likeness (QED) is 0.107. The Bertz CT molecular complexity index is 1860. The van der Waals surface area contributed by atoms with Gasteiger partial charge in [-0.15, -0.1) is 0 Å². The van der Waals surface area contributed by atoms with Crippen molar-refractivity contribution in [1.29, 1.82) is 0 Å². The van der Waals surface area contributed by atoms with Crippen LogP contribution in [0.3, 0.4) is 0 Å². The summed E-state index contributed by atoms with van der Waals surface area (Å²) >= 11 is 6.18. The molecule has 4 rings (SSSR count). The van der Waals surface area contributed by atoms with Gasteiger partial charge in [0.1, 0.15) is 5.75 Å². The summed E-state index contributed by atoms with van der Waals surface area (Å²) in [6.45, 7) is 12.9. The minimum atomic E-state index is -4.12. The van der Waals surface area contributed by atoms with Gasteiger partial charge in [0.15, 0.2) is 5.78 Å². The van der Waals surface area contributed by atoms with Crippen molar-refractivity contribution in [2.24, 2.45) is 5.41 Å². The van der Waals surface area contributed by atoms with Crippen molar-refractivity contribution >= 4 is 39.1 Å². The predicted octanol–water partition coefficient (Wildman–Crippen LogP) is 9.43. The van der Waals surface area contributed by atoms with Gasteiger partial charge in [-0.25, -0.2) is 0 Å². The van der Waals surface area contributed by atoms with Crippen LogP contribution < -0.4 is 10.1 Å². The normalized spacial score (nSPS) is 13.1. The Kier molecular flexibility index (Phi) is 11.9. The molecule has 0 spiro atoms. The highest BCUT2D eigenvalue weighted by molar-refractivity contribution is 7.85. The Morgan fingerprint density at radius 1 is 0.854 bits per heavy atom. The highest BCUT2D eigenvalue weighted by Crippen LogP contribution is 2.36. The molecule has 4 aromatic carbocycles. The van der Waals surface area contributed by atoms with Crippen LogP contribution >= 0.6 is 11.6 Å². The monoisotopic (exact) mass is 689 g/mol. The number of carbonyl (C=O) groups excluding carboxylic acids is 2. The Hall–Kier alpha value is -3.98. The number of benzene rings is 4. The zero-order valence-electron chi connectivity index (χ0n) is 28.3. The molecule has 2 unspecified atom stereocenters. The van der Waals surface area contributed by atoms with E-state index >= 15 is 0 Å². The summed E-state index contributed by atoms with van der Waals surface area (Å²) in [5.74, 6) is -0.977. The Labute approximate surface area is 289 Å². The zero-order valence-corrected chi connectivity index (χ0v) is 29.9. The summed E-state index contributed by atoms with van der Waals surface area (Å²) in [6.07, 6.45) is 0.0342. The molecule has 0 aliphatic heterocycles. The van der Waals surface area contributed by atoms with E-state index in [1.54, 1.807) is 12.1 Å². The highest BCUT2D eigenvalue weighted by atomic mass is 35.5. The van der Waals surface area contributed by atoms with Crippen molar-refractivity contribution in [2.75, 3.05) is 17.7 Å². The van der Waals surface area contributed by atoms with E-state index in [1.807, 2.05) is 93.6 Å². The molecule has 0 aliphatic rings. The fourth-order valence-electron chi connectivity index (χ4n) is 5.66. The maximum absolute atomic E-state index is 14.1. The van der Waals surface area contributed by atoms with Crippen LogP contribution in [0.4, 0.5) is 5.69 Å². The van der Waals surface area contributed by atoms with Gasteiger partial charge in [0, 0.05) is 22.7 Å². The van der Waals surface area contributed by atoms with Crippen LogP contribution in [0, 0.1) is 19.3 Å². The largest absolute Gasteiger partial charge is 0.493 e. The van der Waals surface area contributed by atoms with Gasteiger partial charge in [-0.05, 0) is 101 Å². The first-order valence-electron chi connectivity index (χ1n) is 16.0. The molecule has 1 amide bonds. The fraction of sp³-hybridized carbons (Fsp3) is 0.333. The van der Waals surface area contributed by atoms with Gasteiger partial charge in [-0.2, -0.15) is 8.42 Å². The number of rotatable bonds is 13. The lowest BCUT2D eigenvalue weighted by molar-refractivity contribution is -0.118. The molecule has 0 radical (unpaired) electrons. The lowest BCUT2D eigenvalue weighted by Crippen LogP contribution is -2.25. The van der Waals surface area contributed by atoms with Crippen LogP contribution in [0.25, 0.3) is 11.1 Å². The molecule has 0 aromatic heterocycles. The van der Waals surface area contributed by atoms with Gasteiger partial charge in [0.25, 0.3) is 10.1 Å². The number of hydrogen-bond donors (Lipinski definition) is 2. The molecular formula is C39H44ClNO6S. The van der Waals surface area contributed by atoms with E-state index in [0.29, 0.717) is 22.9 Å². The van der Waals surface area contributed by atoms with Gasteiger partial charge in [-0.1, -0.05) is 87.8 Å². The maximum Gasteiger partial charge on any atom is 0.264 e. The van der Waals surface area contributed by atoms with Crippen molar-refractivity contribution in [1.82, 2.24) is 0 Å². The number of amides is 1. The van der Waals surface area contributed by atoms with E-state index < -0.39 is 21.8 Å². The molecule has 0 aliphatic carbocycles. The van der Waals surface area contributed by atoms with Crippen molar-refractivity contribution in [2.45, 2.75) is 66.2 Å². The average Bonchev–Trinajstić information content (AvgIpc) is 3.00. The second-order valence-corrected chi connectivity index (χ2v) is 15.6. The predicted molar refractivity (Wildman–Crippen MR) is 194 cm³/mol. The van der Waals surface area contributed by atoms with E-state index in [-0.39, 0.29) is 35.9 Å². The average molecular weight is 690 g/mol.